The number of aliphatic imine (C=N–C) groups is 1. The zero-order chi connectivity index (χ0) is 16.9. The lowest BCUT2D eigenvalue weighted by Crippen LogP contribution is -2.49. The van der Waals surface area contributed by atoms with Gasteiger partial charge in [0.1, 0.15) is 0 Å². The quantitative estimate of drug-likeness (QED) is 0.552. The summed E-state index contributed by atoms with van der Waals surface area (Å²) in [5, 5.41) is 6.67. The first kappa shape index (κ1) is 18.5. The molecular weight excluding hydrogens is 312 g/mol. The van der Waals surface area contributed by atoms with Gasteiger partial charge >= 0.3 is 0 Å². The van der Waals surface area contributed by atoms with Crippen LogP contribution < -0.4 is 10.6 Å². The molecule has 0 saturated carbocycles. The van der Waals surface area contributed by atoms with Crippen molar-refractivity contribution in [3.63, 3.8) is 0 Å². The van der Waals surface area contributed by atoms with Gasteiger partial charge in [0.15, 0.2) is 15.8 Å². The molecule has 2 fully saturated rings. The highest BCUT2D eigenvalue weighted by Gasteiger charge is 2.29. The van der Waals surface area contributed by atoms with E-state index in [9.17, 15) is 8.42 Å². The summed E-state index contributed by atoms with van der Waals surface area (Å²) in [6.07, 6.45) is 4.43. The highest BCUT2D eigenvalue weighted by Crippen LogP contribution is 2.17. The monoisotopic (exact) mass is 344 g/mol. The van der Waals surface area contributed by atoms with Crippen molar-refractivity contribution in [3.05, 3.63) is 0 Å². The van der Waals surface area contributed by atoms with Crippen LogP contribution in [0.4, 0.5) is 0 Å². The van der Waals surface area contributed by atoms with Gasteiger partial charge in [0.05, 0.1) is 11.5 Å². The van der Waals surface area contributed by atoms with Crippen molar-refractivity contribution in [2.24, 2.45) is 10.9 Å². The van der Waals surface area contributed by atoms with Crippen LogP contribution in [0.3, 0.4) is 0 Å². The van der Waals surface area contributed by atoms with E-state index in [1.54, 1.807) is 7.05 Å². The summed E-state index contributed by atoms with van der Waals surface area (Å²) in [6, 6.07) is 0.505. The molecule has 7 heteroatoms. The maximum Gasteiger partial charge on any atom is 0.191 e. The van der Waals surface area contributed by atoms with Gasteiger partial charge in [-0.25, -0.2) is 8.42 Å². The number of hydrogen-bond acceptors (Lipinski definition) is 4. The highest BCUT2D eigenvalue weighted by atomic mass is 32.2. The van der Waals surface area contributed by atoms with Crippen molar-refractivity contribution < 1.29 is 8.42 Å². The van der Waals surface area contributed by atoms with Crippen LogP contribution in [0.1, 0.15) is 39.5 Å². The van der Waals surface area contributed by atoms with Gasteiger partial charge in [0, 0.05) is 25.7 Å². The summed E-state index contributed by atoms with van der Waals surface area (Å²) in [6.45, 7) is 7.76. The van der Waals surface area contributed by atoms with E-state index in [2.05, 4.69) is 34.4 Å². The van der Waals surface area contributed by atoms with Gasteiger partial charge in [-0.3, -0.25) is 9.89 Å². The Hall–Kier alpha value is -0.820. The summed E-state index contributed by atoms with van der Waals surface area (Å²) in [5.74, 6) is 1.89. The molecule has 0 spiro atoms. The Morgan fingerprint density at radius 3 is 2.52 bits per heavy atom. The average Bonchev–Trinajstić information content (AvgIpc) is 3.11. The van der Waals surface area contributed by atoms with Gasteiger partial charge < -0.3 is 10.6 Å². The Balaban J connectivity index is 1.84. The fraction of sp³-hybridized carbons (Fsp3) is 0.938. The molecule has 0 aromatic carbocycles. The number of sulfone groups is 1. The molecule has 0 aliphatic carbocycles. The van der Waals surface area contributed by atoms with E-state index in [1.807, 2.05) is 0 Å². The summed E-state index contributed by atoms with van der Waals surface area (Å²) < 4.78 is 23.1. The Kier molecular flexibility index (Phi) is 6.71. The Bertz CT molecular complexity index is 498. The molecule has 2 atom stereocenters. The normalized spacial score (nSPS) is 26.6. The van der Waals surface area contributed by atoms with Crippen LogP contribution in [0.15, 0.2) is 4.99 Å². The van der Waals surface area contributed by atoms with E-state index in [0.717, 1.165) is 12.5 Å². The molecule has 2 N–H and O–H groups in total. The van der Waals surface area contributed by atoms with Gasteiger partial charge in [0.2, 0.25) is 0 Å². The zero-order valence-corrected chi connectivity index (χ0v) is 15.5. The number of guanidine groups is 1. The van der Waals surface area contributed by atoms with Crippen molar-refractivity contribution in [3.8, 4) is 0 Å². The third-order valence-corrected chi connectivity index (χ3v) is 6.47. The van der Waals surface area contributed by atoms with Crippen LogP contribution >= 0.6 is 0 Å². The fourth-order valence-electron chi connectivity index (χ4n) is 3.52. The minimum absolute atomic E-state index is 0.0125. The zero-order valence-electron chi connectivity index (χ0n) is 14.7. The van der Waals surface area contributed by atoms with Crippen LogP contribution in [0.25, 0.3) is 0 Å². The van der Waals surface area contributed by atoms with E-state index < -0.39 is 9.84 Å². The second-order valence-electron chi connectivity index (χ2n) is 7.22. The molecule has 0 bridgehead atoms. The summed E-state index contributed by atoms with van der Waals surface area (Å²) in [4.78, 5) is 6.83. The summed E-state index contributed by atoms with van der Waals surface area (Å²) >= 11 is 0. The van der Waals surface area contributed by atoms with Crippen LogP contribution in [-0.4, -0.2) is 69.5 Å². The maximum atomic E-state index is 11.6. The lowest BCUT2D eigenvalue weighted by atomic mass is 10.0. The van der Waals surface area contributed by atoms with E-state index in [4.69, 9.17) is 0 Å². The predicted octanol–water partition coefficient (Wildman–Crippen LogP) is 0.849. The molecule has 2 saturated heterocycles. The number of rotatable bonds is 6. The maximum absolute atomic E-state index is 11.6. The molecule has 23 heavy (non-hydrogen) atoms. The first-order valence-electron chi connectivity index (χ1n) is 8.81. The van der Waals surface area contributed by atoms with Crippen molar-refractivity contribution in [1.29, 1.82) is 0 Å². The van der Waals surface area contributed by atoms with Crippen molar-refractivity contribution in [2.75, 3.05) is 38.2 Å². The molecule has 6 nitrogen and oxygen atoms in total. The number of nitrogens with one attached hydrogen (secondary N) is 2. The minimum Gasteiger partial charge on any atom is -0.355 e. The molecule has 2 heterocycles. The predicted molar refractivity (Wildman–Crippen MR) is 95.6 cm³/mol. The van der Waals surface area contributed by atoms with Crippen LogP contribution in [0.2, 0.25) is 0 Å². The van der Waals surface area contributed by atoms with Crippen LogP contribution in [-0.2, 0) is 9.84 Å². The Morgan fingerprint density at radius 1 is 1.30 bits per heavy atom. The Labute approximate surface area is 141 Å². The first-order valence-corrected chi connectivity index (χ1v) is 10.6. The van der Waals surface area contributed by atoms with Crippen LogP contribution in [0.5, 0.6) is 0 Å². The summed E-state index contributed by atoms with van der Waals surface area (Å²) in [5.41, 5.74) is 0. The summed E-state index contributed by atoms with van der Waals surface area (Å²) in [7, 11) is -1.12. The topological polar surface area (TPSA) is 73.8 Å². The standard InChI is InChI=1S/C16H32N4O2S/c1-13(2)10-15(20-7-4-5-8-20)11-18-16(17-3)19-14-6-9-23(21,22)12-14/h13-15H,4-12H2,1-3H3,(H2,17,18,19). The third kappa shape index (κ3) is 5.95. The second-order valence-corrected chi connectivity index (χ2v) is 9.45. The molecule has 2 aliphatic heterocycles. The number of hydrogen-bond donors (Lipinski definition) is 2. The van der Waals surface area contributed by atoms with Crippen molar-refractivity contribution >= 4 is 15.8 Å². The van der Waals surface area contributed by atoms with E-state index >= 15 is 0 Å². The third-order valence-electron chi connectivity index (χ3n) is 4.70. The fourth-order valence-corrected chi connectivity index (χ4v) is 5.20. The smallest absolute Gasteiger partial charge is 0.191 e. The number of nitrogens with zero attached hydrogens (tertiary/aromatic N) is 2. The molecule has 2 unspecified atom stereocenters. The van der Waals surface area contributed by atoms with Gasteiger partial charge in [0.25, 0.3) is 0 Å². The van der Waals surface area contributed by atoms with Crippen molar-refractivity contribution in [2.45, 2.75) is 51.6 Å². The lowest BCUT2D eigenvalue weighted by Gasteiger charge is -2.30. The van der Waals surface area contributed by atoms with E-state index in [0.29, 0.717) is 18.4 Å². The molecule has 2 rings (SSSR count). The molecule has 0 aromatic rings. The largest absolute Gasteiger partial charge is 0.355 e. The molecule has 0 aromatic heterocycles. The molecule has 0 radical (unpaired) electrons. The van der Waals surface area contributed by atoms with Gasteiger partial charge in [-0.2, -0.15) is 0 Å². The Morgan fingerprint density at radius 2 is 2.00 bits per heavy atom. The van der Waals surface area contributed by atoms with Gasteiger partial charge in [-0.15, -0.1) is 0 Å². The molecule has 2 aliphatic rings. The SMILES string of the molecule is CN=C(NCC(CC(C)C)N1CCCC1)NC1CCS(=O)(=O)C1. The van der Waals surface area contributed by atoms with Crippen molar-refractivity contribution in [1.82, 2.24) is 15.5 Å². The van der Waals surface area contributed by atoms with E-state index in [1.165, 1.54) is 32.4 Å². The molecule has 134 valence electrons. The minimum atomic E-state index is -2.86. The second kappa shape index (κ2) is 8.33. The number of likely N-dealkylation sites (tertiary alicyclic amines) is 1. The first-order chi connectivity index (χ1) is 10.9. The van der Waals surface area contributed by atoms with Gasteiger partial charge in [-0.05, 0) is 44.7 Å². The van der Waals surface area contributed by atoms with Crippen LogP contribution in [0, 0.1) is 5.92 Å². The van der Waals surface area contributed by atoms with Gasteiger partial charge in [-0.1, -0.05) is 13.8 Å². The average molecular weight is 345 g/mol. The molecular formula is C16H32N4O2S. The highest BCUT2D eigenvalue weighted by molar-refractivity contribution is 7.91. The van der Waals surface area contributed by atoms with E-state index in [-0.39, 0.29) is 17.5 Å². The molecule has 0 amide bonds. The lowest BCUT2D eigenvalue weighted by molar-refractivity contribution is 0.212.